The summed E-state index contributed by atoms with van der Waals surface area (Å²) in [6.45, 7) is 4.48. The molecule has 0 heterocycles. The van der Waals surface area contributed by atoms with Crippen molar-refractivity contribution in [2.45, 2.75) is 56.9 Å². The monoisotopic (exact) mass is 384 g/mol. The van der Waals surface area contributed by atoms with E-state index in [1.165, 1.54) is 29.7 Å². The quantitative estimate of drug-likeness (QED) is 0.438. The van der Waals surface area contributed by atoms with Crippen LogP contribution < -0.4 is 10.6 Å². The highest BCUT2D eigenvalue weighted by molar-refractivity contribution is 7.98. The van der Waals surface area contributed by atoms with Crippen molar-refractivity contribution in [3.8, 4) is 0 Å². The van der Waals surface area contributed by atoms with E-state index in [9.17, 15) is 4.79 Å². The third kappa shape index (κ3) is 7.30. The van der Waals surface area contributed by atoms with Gasteiger partial charge in [-0.05, 0) is 48.4 Å². The lowest BCUT2D eigenvalue weighted by molar-refractivity contribution is 0.245. The minimum Gasteiger partial charge on any atom is -0.331 e. The summed E-state index contributed by atoms with van der Waals surface area (Å²) in [5.41, 5.74) is 1.98. The second-order valence-electron chi connectivity index (χ2n) is 6.94. The fourth-order valence-electron chi connectivity index (χ4n) is 3.28. The van der Waals surface area contributed by atoms with E-state index in [4.69, 9.17) is 0 Å². The Hall–Kier alpha value is -1.94. The molecule has 0 spiro atoms. The summed E-state index contributed by atoms with van der Waals surface area (Å²) in [6.07, 6.45) is 7.83. The van der Waals surface area contributed by atoms with Crippen LogP contribution in [0.1, 0.15) is 57.6 Å². The van der Waals surface area contributed by atoms with E-state index in [-0.39, 0.29) is 12.1 Å². The van der Waals surface area contributed by atoms with E-state index in [0.717, 1.165) is 18.5 Å². The second-order valence-corrected chi connectivity index (χ2v) is 7.82. The highest BCUT2D eigenvalue weighted by Gasteiger charge is 2.19. The zero-order valence-electron chi connectivity index (χ0n) is 16.7. The Bertz CT molecular complexity index is 673. The number of unbranched alkanes of at least 4 members (excludes halogenated alkanes) is 1. The molecule has 0 radical (unpaired) electrons. The van der Waals surface area contributed by atoms with E-state index >= 15 is 0 Å². The maximum absolute atomic E-state index is 12.6. The fourth-order valence-corrected chi connectivity index (χ4v) is 3.69. The van der Waals surface area contributed by atoms with E-state index < -0.39 is 0 Å². The number of benzene rings is 2. The number of thioether (sulfide) groups is 1. The molecule has 0 saturated heterocycles. The average Bonchev–Trinajstić information content (AvgIpc) is 2.71. The number of anilines is 1. The lowest BCUT2D eigenvalue weighted by atomic mass is 9.89. The van der Waals surface area contributed by atoms with Crippen LogP contribution in [0.2, 0.25) is 0 Å². The van der Waals surface area contributed by atoms with Crippen molar-refractivity contribution in [3.05, 3.63) is 60.2 Å². The van der Waals surface area contributed by atoms with Gasteiger partial charge in [0.25, 0.3) is 0 Å². The van der Waals surface area contributed by atoms with Gasteiger partial charge in [-0.15, -0.1) is 11.8 Å². The normalized spacial score (nSPS) is 13.0. The summed E-state index contributed by atoms with van der Waals surface area (Å²) < 4.78 is 0. The van der Waals surface area contributed by atoms with Gasteiger partial charge in [-0.1, -0.05) is 69.9 Å². The molecule has 0 bridgehead atoms. The molecule has 0 saturated carbocycles. The SMILES string of the molecule is CCCCC(CC)CC(NC(=O)Nc1ccc(SC)cc1)c1ccccc1. The minimum atomic E-state index is -0.147. The summed E-state index contributed by atoms with van der Waals surface area (Å²) >= 11 is 1.69. The summed E-state index contributed by atoms with van der Waals surface area (Å²) in [7, 11) is 0. The molecule has 0 aliphatic carbocycles. The molecule has 2 amide bonds. The van der Waals surface area contributed by atoms with Crippen LogP contribution in [0.5, 0.6) is 0 Å². The zero-order chi connectivity index (χ0) is 19.5. The predicted octanol–water partition coefficient (Wildman–Crippen LogP) is 6.88. The van der Waals surface area contributed by atoms with Gasteiger partial charge < -0.3 is 10.6 Å². The van der Waals surface area contributed by atoms with Gasteiger partial charge >= 0.3 is 6.03 Å². The van der Waals surface area contributed by atoms with Crippen molar-refractivity contribution in [2.24, 2.45) is 5.92 Å². The Labute approximate surface area is 168 Å². The molecule has 2 atom stereocenters. The Morgan fingerprint density at radius 2 is 1.74 bits per heavy atom. The first-order chi connectivity index (χ1) is 13.2. The first-order valence-electron chi connectivity index (χ1n) is 9.92. The standard InChI is InChI=1S/C23H32N2OS/c1-4-6-10-18(5-2)17-22(19-11-8-7-9-12-19)25-23(26)24-20-13-15-21(27-3)16-14-20/h7-9,11-16,18,22H,4-6,10,17H2,1-3H3,(H2,24,25,26). The molecular weight excluding hydrogens is 352 g/mol. The van der Waals surface area contributed by atoms with E-state index in [0.29, 0.717) is 5.92 Å². The molecule has 2 aromatic carbocycles. The summed E-state index contributed by atoms with van der Waals surface area (Å²) in [5.74, 6) is 0.622. The number of nitrogens with one attached hydrogen (secondary N) is 2. The second kappa shape index (κ2) is 11.7. The highest BCUT2D eigenvalue weighted by atomic mass is 32.2. The minimum absolute atomic E-state index is 0.0264. The van der Waals surface area contributed by atoms with Gasteiger partial charge in [-0.2, -0.15) is 0 Å². The lowest BCUT2D eigenvalue weighted by Crippen LogP contribution is -2.33. The molecule has 2 unspecified atom stereocenters. The first kappa shape index (κ1) is 21.4. The van der Waals surface area contributed by atoms with Gasteiger partial charge in [0.05, 0.1) is 6.04 Å². The van der Waals surface area contributed by atoms with Crippen molar-refractivity contribution in [1.82, 2.24) is 5.32 Å². The highest BCUT2D eigenvalue weighted by Crippen LogP contribution is 2.27. The average molecular weight is 385 g/mol. The third-order valence-electron chi connectivity index (χ3n) is 4.97. The Kier molecular flexibility index (Phi) is 9.26. The predicted molar refractivity (Wildman–Crippen MR) is 117 cm³/mol. The molecule has 0 fully saturated rings. The summed E-state index contributed by atoms with van der Waals surface area (Å²) in [4.78, 5) is 13.8. The molecule has 4 heteroatoms. The van der Waals surface area contributed by atoms with Gasteiger partial charge in [0.2, 0.25) is 0 Å². The van der Waals surface area contributed by atoms with Gasteiger partial charge in [-0.3, -0.25) is 0 Å². The lowest BCUT2D eigenvalue weighted by Gasteiger charge is -2.24. The van der Waals surface area contributed by atoms with Crippen LogP contribution in [-0.2, 0) is 0 Å². The van der Waals surface area contributed by atoms with Gasteiger partial charge in [0.1, 0.15) is 0 Å². The van der Waals surface area contributed by atoms with Crippen molar-refractivity contribution < 1.29 is 4.79 Å². The molecule has 3 nitrogen and oxygen atoms in total. The number of urea groups is 1. The molecule has 2 N–H and O–H groups in total. The van der Waals surface area contributed by atoms with Crippen molar-refractivity contribution in [1.29, 1.82) is 0 Å². The van der Waals surface area contributed by atoms with Gasteiger partial charge in [0, 0.05) is 10.6 Å². The number of hydrogen-bond donors (Lipinski definition) is 2. The Morgan fingerprint density at radius 1 is 1.04 bits per heavy atom. The molecule has 27 heavy (non-hydrogen) atoms. The third-order valence-corrected chi connectivity index (χ3v) is 5.71. The van der Waals surface area contributed by atoms with Crippen molar-refractivity contribution >= 4 is 23.5 Å². The van der Waals surface area contributed by atoms with E-state index in [1.807, 2.05) is 48.7 Å². The number of hydrogen-bond acceptors (Lipinski definition) is 2. The molecule has 2 rings (SSSR count). The number of carbonyl (C=O) groups is 1. The van der Waals surface area contributed by atoms with Gasteiger partial charge in [0.15, 0.2) is 0 Å². The van der Waals surface area contributed by atoms with Crippen molar-refractivity contribution in [3.63, 3.8) is 0 Å². The van der Waals surface area contributed by atoms with Crippen LogP contribution in [0.4, 0.5) is 10.5 Å². The maximum atomic E-state index is 12.6. The Morgan fingerprint density at radius 3 is 2.33 bits per heavy atom. The van der Waals surface area contributed by atoms with Crippen LogP contribution in [0.15, 0.2) is 59.5 Å². The summed E-state index contributed by atoms with van der Waals surface area (Å²) in [5, 5.41) is 6.16. The first-order valence-corrected chi connectivity index (χ1v) is 11.1. The van der Waals surface area contributed by atoms with Crippen LogP contribution in [0.25, 0.3) is 0 Å². The van der Waals surface area contributed by atoms with Gasteiger partial charge in [-0.25, -0.2) is 4.79 Å². The molecule has 0 aromatic heterocycles. The maximum Gasteiger partial charge on any atom is 0.319 e. The van der Waals surface area contributed by atoms with E-state index in [1.54, 1.807) is 11.8 Å². The molecule has 0 aliphatic rings. The zero-order valence-corrected chi connectivity index (χ0v) is 17.5. The van der Waals surface area contributed by atoms with Crippen molar-refractivity contribution in [2.75, 3.05) is 11.6 Å². The smallest absolute Gasteiger partial charge is 0.319 e. The van der Waals surface area contributed by atoms with Crippen LogP contribution >= 0.6 is 11.8 Å². The number of carbonyl (C=O) groups excluding carboxylic acids is 1. The molecule has 2 aromatic rings. The largest absolute Gasteiger partial charge is 0.331 e. The van der Waals surface area contributed by atoms with Crippen LogP contribution in [-0.4, -0.2) is 12.3 Å². The van der Waals surface area contributed by atoms with Crippen LogP contribution in [0.3, 0.4) is 0 Å². The Balaban J connectivity index is 2.04. The number of amides is 2. The molecular formula is C23H32N2OS. The molecule has 0 aliphatic heterocycles. The topological polar surface area (TPSA) is 41.1 Å². The summed E-state index contributed by atoms with van der Waals surface area (Å²) in [6, 6.07) is 18.1. The van der Waals surface area contributed by atoms with Crippen LogP contribution in [0, 0.1) is 5.92 Å². The fraction of sp³-hybridized carbons (Fsp3) is 0.435. The number of rotatable bonds is 10. The molecule has 146 valence electrons. The van der Waals surface area contributed by atoms with E-state index in [2.05, 4.69) is 36.6 Å².